The molecule has 2 saturated heterocycles. The predicted molar refractivity (Wildman–Crippen MR) is 79.0 cm³/mol. The fourth-order valence-electron chi connectivity index (χ4n) is 3.48. The molecule has 0 saturated carbocycles. The van der Waals surface area contributed by atoms with Gasteiger partial charge in [0.2, 0.25) is 0 Å². The average molecular weight is 277 g/mol. The Bertz CT molecular complexity index is 451. The van der Waals surface area contributed by atoms with Gasteiger partial charge in [0, 0.05) is 38.3 Å². The Labute approximate surface area is 120 Å². The standard InChI is InChI=1S/C16H24FN3/c17-14-4-1-3-13(11-14)16(18)6-8-19-9-10-20-7-2-5-15(20)12-19/h1,3-4,11,15-16H,2,5-10,12,18H2. The molecule has 2 atom stereocenters. The first-order chi connectivity index (χ1) is 9.72. The van der Waals surface area contributed by atoms with Crippen molar-refractivity contribution in [3.05, 3.63) is 35.6 Å². The summed E-state index contributed by atoms with van der Waals surface area (Å²) in [7, 11) is 0. The second-order valence-electron chi connectivity index (χ2n) is 6.08. The molecule has 0 aliphatic carbocycles. The van der Waals surface area contributed by atoms with Crippen LogP contribution in [0.25, 0.3) is 0 Å². The molecule has 2 heterocycles. The Hall–Kier alpha value is -0.970. The van der Waals surface area contributed by atoms with Gasteiger partial charge in [-0.25, -0.2) is 4.39 Å². The summed E-state index contributed by atoms with van der Waals surface area (Å²) >= 11 is 0. The molecule has 0 spiro atoms. The van der Waals surface area contributed by atoms with Gasteiger partial charge in [0.05, 0.1) is 0 Å². The zero-order chi connectivity index (χ0) is 13.9. The van der Waals surface area contributed by atoms with Crippen molar-refractivity contribution in [3.63, 3.8) is 0 Å². The molecule has 110 valence electrons. The summed E-state index contributed by atoms with van der Waals surface area (Å²) in [6.45, 7) is 5.81. The lowest BCUT2D eigenvalue weighted by molar-refractivity contribution is 0.102. The third-order valence-corrected chi connectivity index (χ3v) is 4.70. The van der Waals surface area contributed by atoms with Crippen LogP contribution >= 0.6 is 0 Å². The van der Waals surface area contributed by atoms with E-state index in [2.05, 4.69) is 9.80 Å². The molecular weight excluding hydrogens is 253 g/mol. The third-order valence-electron chi connectivity index (χ3n) is 4.70. The van der Waals surface area contributed by atoms with Crippen LogP contribution in [0.1, 0.15) is 30.9 Å². The molecule has 20 heavy (non-hydrogen) atoms. The van der Waals surface area contributed by atoms with Crippen molar-refractivity contribution in [2.75, 3.05) is 32.7 Å². The first-order valence-corrected chi connectivity index (χ1v) is 7.70. The lowest BCUT2D eigenvalue weighted by Crippen LogP contribution is -2.50. The van der Waals surface area contributed by atoms with Gasteiger partial charge in [-0.15, -0.1) is 0 Å². The van der Waals surface area contributed by atoms with E-state index in [1.54, 1.807) is 12.1 Å². The largest absolute Gasteiger partial charge is 0.324 e. The van der Waals surface area contributed by atoms with Crippen molar-refractivity contribution < 1.29 is 4.39 Å². The zero-order valence-electron chi connectivity index (χ0n) is 12.0. The minimum atomic E-state index is -0.197. The molecule has 4 heteroatoms. The van der Waals surface area contributed by atoms with E-state index in [9.17, 15) is 4.39 Å². The van der Waals surface area contributed by atoms with Gasteiger partial charge in [0.25, 0.3) is 0 Å². The van der Waals surface area contributed by atoms with E-state index >= 15 is 0 Å². The number of rotatable bonds is 4. The van der Waals surface area contributed by atoms with Gasteiger partial charge in [-0.3, -0.25) is 4.90 Å². The molecule has 0 amide bonds. The van der Waals surface area contributed by atoms with E-state index in [1.165, 1.54) is 38.5 Å². The fourth-order valence-corrected chi connectivity index (χ4v) is 3.48. The molecule has 0 radical (unpaired) electrons. The molecule has 2 N–H and O–H groups in total. The van der Waals surface area contributed by atoms with Crippen LogP contribution in [-0.4, -0.2) is 48.6 Å². The van der Waals surface area contributed by atoms with Gasteiger partial charge in [-0.1, -0.05) is 12.1 Å². The lowest BCUT2D eigenvalue weighted by atomic mass is 10.0. The summed E-state index contributed by atoms with van der Waals surface area (Å²) in [4.78, 5) is 5.13. The maximum atomic E-state index is 13.2. The van der Waals surface area contributed by atoms with Crippen molar-refractivity contribution in [1.29, 1.82) is 0 Å². The van der Waals surface area contributed by atoms with Crippen molar-refractivity contribution in [2.45, 2.75) is 31.3 Å². The topological polar surface area (TPSA) is 32.5 Å². The molecule has 0 aromatic heterocycles. The SMILES string of the molecule is NC(CCN1CCN2CCCC2C1)c1cccc(F)c1. The number of hydrogen-bond acceptors (Lipinski definition) is 3. The van der Waals surface area contributed by atoms with Crippen LogP contribution in [0.5, 0.6) is 0 Å². The van der Waals surface area contributed by atoms with Gasteiger partial charge in [-0.05, 0) is 43.5 Å². The Morgan fingerprint density at radius 3 is 3.05 bits per heavy atom. The monoisotopic (exact) mass is 277 g/mol. The van der Waals surface area contributed by atoms with Gasteiger partial charge in [0.1, 0.15) is 5.82 Å². The van der Waals surface area contributed by atoms with Crippen molar-refractivity contribution >= 4 is 0 Å². The first-order valence-electron chi connectivity index (χ1n) is 7.70. The molecule has 2 aliphatic rings. The highest BCUT2D eigenvalue weighted by Gasteiger charge is 2.30. The highest BCUT2D eigenvalue weighted by molar-refractivity contribution is 5.19. The first kappa shape index (κ1) is 14.0. The smallest absolute Gasteiger partial charge is 0.123 e. The van der Waals surface area contributed by atoms with Crippen LogP contribution in [-0.2, 0) is 0 Å². The number of piperazine rings is 1. The van der Waals surface area contributed by atoms with Crippen LogP contribution in [0.15, 0.2) is 24.3 Å². The van der Waals surface area contributed by atoms with E-state index in [4.69, 9.17) is 5.73 Å². The second kappa shape index (κ2) is 6.20. The normalized spacial score (nSPS) is 25.6. The summed E-state index contributed by atoms with van der Waals surface area (Å²) in [5.41, 5.74) is 7.09. The fraction of sp³-hybridized carbons (Fsp3) is 0.625. The minimum absolute atomic E-state index is 0.0627. The van der Waals surface area contributed by atoms with Gasteiger partial charge < -0.3 is 10.6 Å². The Balaban J connectivity index is 1.49. The highest BCUT2D eigenvalue weighted by Crippen LogP contribution is 2.22. The molecule has 2 fully saturated rings. The predicted octanol–water partition coefficient (Wildman–Crippen LogP) is 2.00. The average Bonchev–Trinajstić information content (AvgIpc) is 2.92. The zero-order valence-corrected chi connectivity index (χ0v) is 12.0. The minimum Gasteiger partial charge on any atom is -0.324 e. The molecular formula is C16H24FN3. The number of hydrogen-bond donors (Lipinski definition) is 1. The maximum absolute atomic E-state index is 13.2. The number of nitrogens with two attached hydrogens (primary N) is 1. The number of benzene rings is 1. The van der Waals surface area contributed by atoms with E-state index < -0.39 is 0 Å². The Morgan fingerprint density at radius 2 is 2.20 bits per heavy atom. The number of halogens is 1. The lowest BCUT2D eigenvalue weighted by Gasteiger charge is -2.37. The molecule has 2 aliphatic heterocycles. The summed E-state index contributed by atoms with van der Waals surface area (Å²) in [5.74, 6) is -0.197. The van der Waals surface area contributed by atoms with E-state index in [1.807, 2.05) is 6.07 Å². The Morgan fingerprint density at radius 1 is 1.30 bits per heavy atom. The van der Waals surface area contributed by atoms with E-state index in [-0.39, 0.29) is 11.9 Å². The van der Waals surface area contributed by atoms with Crippen LogP contribution in [0.4, 0.5) is 4.39 Å². The number of fused-ring (bicyclic) bond motifs is 1. The van der Waals surface area contributed by atoms with Gasteiger partial charge in [-0.2, -0.15) is 0 Å². The number of nitrogens with zero attached hydrogens (tertiary/aromatic N) is 2. The highest BCUT2D eigenvalue weighted by atomic mass is 19.1. The van der Waals surface area contributed by atoms with Crippen LogP contribution in [0, 0.1) is 5.82 Å². The van der Waals surface area contributed by atoms with E-state index in [0.717, 1.165) is 31.1 Å². The second-order valence-corrected chi connectivity index (χ2v) is 6.08. The van der Waals surface area contributed by atoms with Gasteiger partial charge in [0.15, 0.2) is 0 Å². The molecule has 3 nitrogen and oxygen atoms in total. The molecule has 2 unspecified atom stereocenters. The van der Waals surface area contributed by atoms with Crippen molar-refractivity contribution in [2.24, 2.45) is 5.73 Å². The summed E-state index contributed by atoms with van der Waals surface area (Å²) in [6.07, 6.45) is 3.59. The maximum Gasteiger partial charge on any atom is 0.123 e. The molecule has 3 rings (SSSR count). The third kappa shape index (κ3) is 3.19. The van der Waals surface area contributed by atoms with Crippen molar-refractivity contribution in [1.82, 2.24) is 9.80 Å². The summed E-state index contributed by atoms with van der Waals surface area (Å²) < 4.78 is 13.2. The van der Waals surface area contributed by atoms with Crippen LogP contribution < -0.4 is 5.73 Å². The van der Waals surface area contributed by atoms with E-state index in [0.29, 0.717) is 0 Å². The van der Waals surface area contributed by atoms with Gasteiger partial charge >= 0.3 is 0 Å². The quantitative estimate of drug-likeness (QED) is 0.913. The molecule has 0 bridgehead atoms. The Kier molecular flexibility index (Phi) is 4.34. The molecule has 1 aromatic carbocycles. The molecule has 1 aromatic rings. The van der Waals surface area contributed by atoms with Crippen molar-refractivity contribution in [3.8, 4) is 0 Å². The summed E-state index contributed by atoms with van der Waals surface area (Å²) in [5, 5.41) is 0. The summed E-state index contributed by atoms with van der Waals surface area (Å²) in [6, 6.07) is 7.38. The van der Waals surface area contributed by atoms with Crippen LogP contribution in [0.2, 0.25) is 0 Å². The van der Waals surface area contributed by atoms with Crippen LogP contribution in [0.3, 0.4) is 0 Å².